The van der Waals surface area contributed by atoms with Crippen molar-refractivity contribution in [2.24, 2.45) is 5.41 Å². The Hall–Kier alpha value is 1.12. The first kappa shape index (κ1) is 11.2. The molecule has 1 heterocycles. The van der Waals surface area contributed by atoms with Crippen LogP contribution in [0.2, 0.25) is 0 Å². The predicted molar refractivity (Wildman–Crippen MR) is 51.2 cm³/mol. The van der Waals surface area contributed by atoms with E-state index in [-0.39, 0.29) is 19.0 Å². The summed E-state index contributed by atoms with van der Waals surface area (Å²) in [4.78, 5) is 0. The number of halogens is 1. The summed E-state index contributed by atoms with van der Waals surface area (Å²) in [5, 5.41) is 0. The molecule has 0 bridgehead atoms. The van der Waals surface area contributed by atoms with Crippen molar-refractivity contribution in [1.82, 2.24) is 0 Å². The Balaban J connectivity index is 2.53. The molecule has 0 aromatic carbocycles. The topological polar surface area (TPSA) is 27.7 Å². The van der Waals surface area contributed by atoms with Gasteiger partial charge in [-0.3, -0.25) is 0 Å². The van der Waals surface area contributed by atoms with Crippen LogP contribution in [0, 0.1) is 5.41 Å². The number of hydrogen-bond acceptors (Lipinski definition) is 3. The standard InChI is InChI=1S/C6H13ClO3PSe/c1-6(2)4-9-11(8-3,12-7)10-5-6/h4-5H2,1-3H3/q+1. The molecule has 0 radical (unpaired) electrons. The van der Waals surface area contributed by atoms with E-state index in [1.54, 1.807) is 7.11 Å². The SMILES string of the molecule is CO[P+]1([Se]Cl)OCC(C)(C)CO1. The van der Waals surface area contributed by atoms with Crippen LogP contribution in [0.5, 0.6) is 0 Å². The Morgan fingerprint density at radius 1 is 1.42 bits per heavy atom. The number of rotatable bonds is 2. The van der Waals surface area contributed by atoms with Gasteiger partial charge in [-0.25, -0.2) is 0 Å². The molecule has 0 atom stereocenters. The molecule has 3 nitrogen and oxygen atoms in total. The second-order valence-corrected chi connectivity index (χ2v) is 11.2. The molecule has 1 fully saturated rings. The summed E-state index contributed by atoms with van der Waals surface area (Å²) in [5.41, 5.74) is 0.0875. The summed E-state index contributed by atoms with van der Waals surface area (Å²) in [6.45, 7) is 3.43. The van der Waals surface area contributed by atoms with Gasteiger partial charge >= 0.3 is 83.5 Å². The third-order valence-electron chi connectivity index (χ3n) is 1.53. The first-order valence-corrected chi connectivity index (χ1v) is 9.59. The molecule has 0 spiro atoms. The quantitative estimate of drug-likeness (QED) is 0.573. The van der Waals surface area contributed by atoms with Crippen molar-refractivity contribution in [2.75, 3.05) is 20.3 Å². The van der Waals surface area contributed by atoms with Gasteiger partial charge in [-0.1, -0.05) is 0 Å². The molecular weight excluding hydrogens is 265 g/mol. The van der Waals surface area contributed by atoms with E-state index >= 15 is 0 Å². The molecule has 12 heavy (non-hydrogen) atoms. The monoisotopic (exact) mass is 279 g/mol. The fraction of sp³-hybridized carbons (Fsp3) is 1.00. The fourth-order valence-electron chi connectivity index (χ4n) is 0.760. The Kier molecular flexibility index (Phi) is 3.82. The Bertz CT molecular complexity index is 151. The van der Waals surface area contributed by atoms with Gasteiger partial charge in [0, 0.05) is 0 Å². The molecule has 0 N–H and O–H groups in total. The molecule has 0 aromatic rings. The van der Waals surface area contributed by atoms with Crippen LogP contribution in [0.3, 0.4) is 0 Å². The summed E-state index contributed by atoms with van der Waals surface area (Å²) in [6.07, 6.45) is 0. The maximum absolute atomic E-state index is 5.77. The van der Waals surface area contributed by atoms with Crippen molar-refractivity contribution in [2.45, 2.75) is 13.8 Å². The molecule has 1 rings (SSSR count). The summed E-state index contributed by atoms with van der Waals surface area (Å²) in [7, 11) is 7.36. The van der Waals surface area contributed by atoms with E-state index in [0.29, 0.717) is 13.2 Å². The van der Waals surface area contributed by atoms with Gasteiger partial charge in [-0.05, 0) is 0 Å². The summed E-state index contributed by atoms with van der Waals surface area (Å²) in [6, 6.07) is 0. The van der Waals surface area contributed by atoms with Crippen molar-refractivity contribution in [3.05, 3.63) is 0 Å². The molecule has 72 valence electrons. The average Bonchev–Trinajstić information content (AvgIpc) is 2.06. The normalized spacial score (nSPS) is 27.0. The van der Waals surface area contributed by atoms with Crippen LogP contribution < -0.4 is 0 Å². The van der Waals surface area contributed by atoms with Crippen molar-refractivity contribution >= 4 is 30.3 Å². The van der Waals surface area contributed by atoms with E-state index in [2.05, 4.69) is 13.8 Å². The summed E-state index contributed by atoms with van der Waals surface area (Å²) in [5.74, 6) is 0. The second-order valence-electron chi connectivity index (χ2n) is 3.41. The molecule has 0 amide bonds. The zero-order chi connectivity index (χ0) is 9.24. The predicted octanol–water partition coefficient (Wildman–Crippen LogP) is 2.24. The second kappa shape index (κ2) is 4.10. The molecule has 0 aromatic heterocycles. The van der Waals surface area contributed by atoms with Gasteiger partial charge in [0.1, 0.15) is 0 Å². The van der Waals surface area contributed by atoms with Crippen LogP contribution in [0.4, 0.5) is 0 Å². The third-order valence-corrected chi connectivity index (χ3v) is 9.01. The van der Waals surface area contributed by atoms with Gasteiger partial charge < -0.3 is 0 Å². The Labute approximate surface area is 83.7 Å². The average molecular weight is 279 g/mol. The van der Waals surface area contributed by atoms with Gasteiger partial charge in [0.25, 0.3) is 0 Å². The van der Waals surface area contributed by atoms with Crippen LogP contribution in [0.1, 0.15) is 13.8 Å². The van der Waals surface area contributed by atoms with Crippen molar-refractivity contribution in [1.29, 1.82) is 0 Å². The minimum atomic E-state index is -2.10. The van der Waals surface area contributed by atoms with Gasteiger partial charge in [0.2, 0.25) is 0 Å². The Morgan fingerprint density at radius 3 is 2.25 bits per heavy atom. The molecule has 0 unspecified atom stereocenters. The van der Waals surface area contributed by atoms with Crippen molar-refractivity contribution < 1.29 is 13.6 Å². The first-order chi connectivity index (χ1) is 5.54. The molecule has 6 heteroatoms. The zero-order valence-corrected chi connectivity index (χ0v) is 10.7. The van der Waals surface area contributed by atoms with E-state index in [9.17, 15) is 0 Å². The van der Waals surface area contributed by atoms with E-state index in [1.807, 2.05) is 0 Å². The summed E-state index contributed by atoms with van der Waals surface area (Å²) < 4.78 is 16.3. The van der Waals surface area contributed by atoms with E-state index in [1.165, 1.54) is 0 Å². The molecule has 0 saturated carbocycles. The van der Waals surface area contributed by atoms with Gasteiger partial charge in [-0.15, -0.1) is 0 Å². The van der Waals surface area contributed by atoms with Gasteiger partial charge in [0.05, 0.1) is 0 Å². The molecular formula is C6H13ClO3PSe+. The Morgan fingerprint density at radius 2 is 1.92 bits per heavy atom. The summed E-state index contributed by atoms with van der Waals surface area (Å²) >= 11 is -0.224. The fourth-order valence-corrected chi connectivity index (χ4v) is 5.84. The maximum atomic E-state index is 5.77. The number of hydrogen-bond donors (Lipinski definition) is 0. The van der Waals surface area contributed by atoms with E-state index < -0.39 is 6.63 Å². The molecule has 1 aliphatic rings. The third kappa shape index (κ3) is 2.55. The van der Waals surface area contributed by atoms with Crippen LogP contribution in [0.25, 0.3) is 0 Å². The van der Waals surface area contributed by atoms with Crippen LogP contribution in [-0.2, 0) is 13.6 Å². The molecule has 1 aliphatic heterocycles. The van der Waals surface area contributed by atoms with E-state index in [0.717, 1.165) is 0 Å². The van der Waals surface area contributed by atoms with Gasteiger partial charge in [-0.2, -0.15) is 0 Å². The minimum absolute atomic E-state index is 0.0875. The van der Waals surface area contributed by atoms with Crippen molar-refractivity contribution in [3.63, 3.8) is 0 Å². The molecule has 1 saturated heterocycles. The van der Waals surface area contributed by atoms with Crippen LogP contribution >= 0.6 is 16.7 Å². The van der Waals surface area contributed by atoms with Crippen LogP contribution in [-0.4, -0.2) is 33.9 Å². The van der Waals surface area contributed by atoms with E-state index in [4.69, 9.17) is 23.7 Å². The van der Waals surface area contributed by atoms with Gasteiger partial charge in [0.15, 0.2) is 0 Å². The zero-order valence-electron chi connectivity index (χ0n) is 7.37. The van der Waals surface area contributed by atoms with Crippen molar-refractivity contribution in [3.8, 4) is 0 Å². The van der Waals surface area contributed by atoms with Crippen LogP contribution in [0.15, 0.2) is 0 Å². The first-order valence-electron chi connectivity index (χ1n) is 3.58. The molecule has 0 aliphatic carbocycles.